The van der Waals surface area contributed by atoms with Crippen LogP contribution in [0.15, 0.2) is 12.1 Å². The fraction of sp³-hybridized carbons (Fsp3) is 0.462. The molecule has 0 unspecified atom stereocenters. The zero-order valence-corrected chi connectivity index (χ0v) is 11.1. The van der Waals surface area contributed by atoms with Gasteiger partial charge in [0.05, 0.1) is 18.9 Å². The molecule has 3 N–H and O–H groups in total. The summed E-state index contributed by atoms with van der Waals surface area (Å²) >= 11 is 0. The van der Waals surface area contributed by atoms with Gasteiger partial charge in [-0.25, -0.2) is 4.98 Å². The first kappa shape index (κ1) is 14.1. The molecule has 1 aliphatic rings. The van der Waals surface area contributed by atoms with E-state index in [9.17, 15) is 4.79 Å². The van der Waals surface area contributed by atoms with E-state index < -0.39 is 0 Å². The molecule has 0 atom stereocenters. The van der Waals surface area contributed by atoms with Crippen molar-refractivity contribution >= 4 is 17.4 Å². The molecule has 7 nitrogen and oxygen atoms in total. The maximum atomic E-state index is 11.9. The van der Waals surface area contributed by atoms with E-state index in [1.54, 1.807) is 17.0 Å². The summed E-state index contributed by atoms with van der Waals surface area (Å²) in [5, 5.41) is 11.9. The normalized spacial score (nSPS) is 14.7. The number of aromatic nitrogens is 1. The summed E-state index contributed by atoms with van der Waals surface area (Å²) in [7, 11) is 0. The predicted octanol–water partition coefficient (Wildman–Crippen LogP) is 0.196. The topological polar surface area (TPSA) is 104 Å². The molecular weight excluding hydrogens is 258 g/mol. The average Bonchev–Trinajstić information content (AvgIpc) is 2.49. The van der Waals surface area contributed by atoms with Crippen molar-refractivity contribution in [1.29, 1.82) is 5.26 Å². The molecule has 2 rings (SSSR count). The molecule has 0 aliphatic carbocycles. The van der Waals surface area contributed by atoms with Crippen molar-refractivity contribution in [1.82, 2.24) is 9.88 Å². The minimum Gasteiger partial charge on any atom is -0.396 e. The van der Waals surface area contributed by atoms with Crippen LogP contribution in [0, 0.1) is 11.3 Å². The first-order valence-corrected chi connectivity index (χ1v) is 6.46. The summed E-state index contributed by atoms with van der Waals surface area (Å²) in [6, 6.07) is 5.23. The quantitative estimate of drug-likeness (QED) is 0.813. The zero-order valence-electron chi connectivity index (χ0n) is 11.1. The first-order valence-electron chi connectivity index (χ1n) is 6.46. The van der Waals surface area contributed by atoms with E-state index in [0.29, 0.717) is 50.8 Å². The minimum absolute atomic E-state index is 0.0942. The number of carbonyl (C=O) groups is 1. The highest BCUT2D eigenvalue weighted by atomic mass is 16.5. The van der Waals surface area contributed by atoms with Gasteiger partial charge in [0.1, 0.15) is 11.9 Å². The number of amides is 1. The third-order valence-electron chi connectivity index (χ3n) is 3.04. The summed E-state index contributed by atoms with van der Waals surface area (Å²) in [6.45, 7) is 2.97. The number of nitrogens with two attached hydrogens (primary N) is 1. The van der Waals surface area contributed by atoms with Crippen molar-refractivity contribution < 1.29 is 9.53 Å². The Morgan fingerprint density at radius 2 is 2.25 bits per heavy atom. The molecule has 1 aromatic rings. The van der Waals surface area contributed by atoms with Crippen molar-refractivity contribution in [2.24, 2.45) is 0 Å². The number of nitriles is 1. The molecule has 106 valence electrons. The molecule has 1 aromatic heterocycles. The van der Waals surface area contributed by atoms with Crippen molar-refractivity contribution in [2.75, 3.05) is 43.9 Å². The summed E-state index contributed by atoms with van der Waals surface area (Å²) in [5.41, 5.74) is 6.13. The number of hydrogen-bond donors (Lipinski definition) is 2. The molecule has 1 aliphatic heterocycles. The van der Waals surface area contributed by atoms with Gasteiger partial charge in [-0.15, -0.1) is 0 Å². The molecule has 0 spiro atoms. The van der Waals surface area contributed by atoms with Gasteiger partial charge in [-0.05, 0) is 12.1 Å². The highest BCUT2D eigenvalue weighted by Gasteiger charge is 2.16. The van der Waals surface area contributed by atoms with Crippen molar-refractivity contribution in [3.8, 4) is 6.07 Å². The van der Waals surface area contributed by atoms with Gasteiger partial charge in [0, 0.05) is 26.1 Å². The largest absolute Gasteiger partial charge is 0.396 e. The third-order valence-corrected chi connectivity index (χ3v) is 3.04. The van der Waals surface area contributed by atoms with Gasteiger partial charge in [0.15, 0.2) is 5.69 Å². The van der Waals surface area contributed by atoms with E-state index in [-0.39, 0.29) is 11.6 Å². The van der Waals surface area contributed by atoms with Crippen molar-refractivity contribution in [3.63, 3.8) is 0 Å². The highest BCUT2D eigenvalue weighted by Crippen LogP contribution is 2.12. The zero-order chi connectivity index (χ0) is 14.4. The van der Waals surface area contributed by atoms with Gasteiger partial charge in [-0.2, -0.15) is 5.26 Å². The molecule has 2 heterocycles. The standard InChI is InChI=1S/C13H17N5O2/c14-9-11-10(15)1-2-12(17-11)16-4-3-13(19)18-5-7-20-8-6-18/h1-2H,3-8,15H2,(H,16,17). The van der Waals surface area contributed by atoms with E-state index in [0.717, 1.165) is 0 Å². The van der Waals surface area contributed by atoms with Crippen LogP contribution >= 0.6 is 0 Å². The van der Waals surface area contributed by atoms with Gasteiger partial charge in [-0.1, -0.05) is 0 Å². The van der Waals surface area contributed by atoms with Crippen LogP contribution in [0.25, 0.3) is 0 Å². The number of hydrogen-bond acceptors (Lipinski definition) is 6. The fourth-order valence-electron chi connectivity index (χ4n) is 1.93. The van der Waals surface area contributed by atoms with Crippen LogP contribution < -0.4 is 11.1 Å². The molecule has 1 fully saturated rings. The number of rotatable bonds is 4. The SMILES string of the molecule is N#Cc1nc(NCCC(=O)N2CCOCC2)ccc1N. The van der Waals surface area contributed by atoms with Crippen molar-refractivity contribution in [2.45, 2.75) is 6.42 Å². The molecule has 20 heavy (non-hydrogen) atoms. The lowest BCUT2D eigenvalue weighted by atomic mass is 10.3. The van der Waals surface area contributed by atoms with E-state index in [1.165, 1.54) is 0 Å². The van der Waals surface area contributed by atoms with Crippen LogP contribution in [0.5, 0.6) is 0 Å². The van der Waals surface area contributed by atoms with E-state index in [1.807, 2.05) is 6.07 Å². The van der Waals surface area contributed by atoms with Crippen LogP contribution in [0.1, 0.15) is 12.1 Å². The number of morpholine rings is 1. The maximum Gasteiger partial charge on any atom is 0.224 e. The molecule has 1 saturated heterocycles. The Bertz CT molecular complexity index is 520. The lowest BCUT2D eigenvalue weighted by Gasteiger charge is -2.26. The maximum absolute atomic E-state index is 11.9. The number of pyridine rings is 1. The summed E-state index contributed by atoms with van der Waals surface area (Å²) in [4.78, 5) is 17.8. The van der Waals surface area contributed by atoms with Crippen LogP contribution in [0.2, 0.25) is 0 Å². The summed E-state index contributed by atoms with van der Waals surface area (Å²) in [6.07, 6.45) is 0.383. The Kier molecular flexibility index (Phi) is 4.74. The lowest BCUT2D eigenvalue weighted by molar-refractivity contribution is -0.134. The van der Waals surface area contributed by atoms with E-state index in [2.05, 4.69) is 10.3 Å². The smallest absolute Gasteiger partial charge is 0.224 e. The number of nitrogens with zero attached hydrogens (tertiary/aromatic N) is 3. The number of anilines is 2. The van der Waals surface area contributed by atoms with Gasteiger partial charge in [0.25, 0.3) is 0 Å². The molecule has 0 bridgehead atoms. The highest BCUT2D eigenvalue weighted by molar-refractivity contribution is 5.76. The molecule has 0 aromatic carbocycles. The first-order chi connectivity index (χ1) is 9.70. The molecule has 0 radical (unpaired) electrons. The fourth-order valence-corrected chi connectivity index (χ4v) is 1.93. The Labute approximate surface area is 117 Å². The molecular formula is C13H17N5O2. The van der Waals surface area contributed by atoms with E-state index in [4.69, 9.17) is 15.7 Å². The summed E-state index contributed by atoms with van der Waals surface area (Å²) in [5.74, 6) is 0.641. The third kappa shape index (κ3) is 3.59. The molecule has 1 amide bonds. The molecule has 7 heteroatoms. The number of nitrogen functional groups attached to an aromatic ring is 1. The second kappa shape index (κ2) is 6.73. The monoisotopic (exact) mass is 275 g/mol. The molecule has 0 saturated carbocycles. The Hall–Kier alpha value is -2.33. The second-order valence-corrected chi connectivity index (χ2v) is 4.42. The van der Waals surface area contributed by atoms with Crippen LogP contribution in [-0.4, -0.2) is 48.6 Å². The Morgan fingerprint density at radius 1 is 1.50 bits per heavy atom. The van der Waals surface area contributed by atoms with Gasteiger partial charge in [-0.3, -0.25) is 4.79 Å². The van der Waals surface area contributed by atoms with Crippen LogP contribution in [0.3, 0.4) is 0 Å². The Morgan fingerprint density at radius 3 is 2.95 bits per heavy atom. The number of carbonyl (C=O) groups excluding carboxylic acids is 1. The number of ether oxygens (including phenoxy) is 1. The van der Waals surface area contributed by atoms with Crippen LogP contribution in [-0.2, 0) is 9.53 Å². The minimum atomic E-state index is 0.0942. The Balaban J connectivity index is 1.80. The van der Waals surface area contributed by atoms with Gasteiger partial charge < -0.3 is 20.7 Å². The van der Waals surface area contributed by atoms with Crippen LogP contribution in [0.4, 0.5) is 11.5 Å². The van der Waals surface area contributed by atoms with Gasteiger partial charge in [0.2, 0.25) is 5.91 Å². The number of nitrogens with one attached hydrogen (secondary N) is 1. The lowest BCUT2D eigenvalue weighted by Crippen LogP contribution is -2.41. The average molecular weight is 275 g/mol. The predicted molar refractivity (Wildman–Crippen MR) is 73.9 cm³/mol. The second-order valence-electron chi connectivity index (χ2n) is 4.42. The summed E-state index contributed by atoms with van der Waals surface area (Å²) < 4.78 is 5.20. The van der Waals surface area contributed by atoms with Crippen molar-refractivity contribution in [3.05, 3.63) is 17.8 Å². The van der Waals surface area contributed by atoms with Gasteiger partial charge >= 0.3 is 0 Å². The van der Waals surface area contributed by atoms with E-state index >= 15 is 0 Å².